The van der Waals surface area contributed by atoms with Gasteiger partial charge in [0.05, 0.1) is 23.5 Å². The molecule has 3 aromatic rings. The van der Waals surface area contributed by atoms with Crippen LogP contribution in [-0.2, 0) is 9.53 Å². The molecule has 0 amide bonds. The molecule has 1 aliphatic rings. The zero-order chi connectivity index (χ0) is 25.8. The van der Waals surface area contributed by atoms with Crippen LogP contribution in [0.25, 0.3) is 27.7 Å². The Labute approximate surface area is 206 Å². The van der Waals surface area contributed by atoms with Gasteiger partial charge in [-0.05, 0) is 38.0 Å². The molecule has 8 heteroatoms. The van der Waals surface area contributed by atoms with Crippen molar-refractivity contribution in [1.29, 1.82) is 5.26 Å². The zero-order valence-electron chi connectivity index (χ0n) is 19.7. The molecule has 0 radical (unpaired) electrons. The van der Waals surface area contributed by atoms with Crippen LogP contribution in [0.5, 0.6) is 0 Å². The van der Waals surface area contributed by atoms with Gasteiger partial charge in [-0.2, -0.15) is 5.26 Å². The Morgan fingerprint density at radius 2 is 1.92 bits per heavy atom. The molecule has 0 fully saturated rings. The van der Waals surface area contributed by atoms with E-state index in [0.717, 1.165) is 35.4 Å². The molecule has 1 aliphatic carbocycles. The predicted octanol–water partition coefficient (Wildman–Crippen LogP) is 6.20. The monoisotopic (exact) mass is 487 g/mol. The van der Waals surface area contributed by atoms with Crippen molar-refractivity contribution in [2.24, 2.45) is 0 Å². The lowest BCUT2D eigenvalue weighted by Crippen LogP contribution is -2.26. The first kappa shape index (κ1) is 24.6. The second kappa shape index (κ2) is 10.4. The summed E-state index contributed by atoms with van der Waals surface area (Å²) in [6.07, 6.45) is 8.69. The molecule has 1 atom stereocenters. The van der Waals surface area contributed by atoms with Crippen LogP contribution in [0.4, 0.5) is 14.5 Å². The fraction of sp³-hybridized carbons (Fsp3) is 0.179. The fourth-order valence-electron chi connectivity index (χ4n) is 3.95. The number of anilines is 1. The number of hydrogen-bond acceptors (Lipinski definition) is 5. The Hall–Kier alpha value is -4.51. The summed E-state index contributed by atoms with van der Waals surface area (Å²) in [7, 11) is 0. The standard InChI is InChI=1S/C28H23F2N3O3/c1-3-36-25-8-6-4-5-7-19(25)17-9-11-18(12-10-17)26-21(15-31)27(32-16(2)28(34)35)20-13-22(29)23(30)14-24(20)33-26/h4-5,7-14,16H,3,6H2,1-2H3,(H,32,33)(H,34,35). The number of nitrogens with zero attached hydrogens (tertiary/aromatic N) is 2. The molecule has 6 nitrogen and oxygen atoms in total. The maximum atomic E-state index is 14.1. The van der Waals surface area contributed by atoms with Gasteiger partial charge in [-0.1, -0.05) is 42.5 Å². The third-order valence-electron chi connectivity index (χ3n) is 5.74. The van der Waals surface area contributed by atoms with Gasteiger partial charge < -0.3 is 15.2 Å². The first-order chi connectivity index (χ1) is 17.3. The van der Waals surface area contributed by atoms with Crippen molar-refractivity contribution in [3.05, 3.63) is 89.2 Å². The Morgan fingerprint density at radius 3 is 2.58 bits per heavy atom. The van der Waals surface area contributed by atoms with E-state index in [0.29, 0.717) is 12.2 Å². The Balaban J connectivity index is 1.86. The summed E-state index contributed by atoms with van der Waals surface area (Å²) in [5, 5.41) is 22.2. The summed E-state index contributed by atoms with van der Waals surface area (Å²) in [4.78, 5) is 15.9. The number of aliphatic carboxylic acids is 1. The topological polar surface area (TPSA) is 95.2 Å². The van der Waals surface area contributed by atoms with E-state index in [1.807, 2.05) is 43.4 Å². The van der Waals surface area contributed by atoms with Crippen LogP contribution in [-0.4, -0.2) is 28.7 Å². The highest BCUT2D eigenvalue weighted by atomic mass is 19.2. The Bertz CT molecular complexity index is 1470. The molecule has 4 rings (SSSR count). The van der Waals surface area contributed by atoms with Gasteiger partial charge in [0.15, 0.2) is 11.6 Å². The molecule has 182 valence electrons. The highest BCUT2D eigenvalue weighted by Crippen LogP contribution is 2.36. The van der Waals surface area contributed by atoms with Crippen LogP contribution in [0.1, 0.15) is 31.4 Å². The summed E-state index contributed by atoms with van der Waals surface area (Å²) < 4.78 is 33.9. The molecule has 0 saturated heterocycles. The van der Waals surface area contributed by atoms with E-state index in [2.05, 4.69) is 16.4 Å². The molecule has 1 aromatic heterocycles. The fourth-order valence-corrected chi connectivity index (χ4v) is 3.95. The lowest BCUT2D eigenvalue weighted by Gasteiger charge is -2.18. The van der Waals surface area contributed by atoms with E-state index in [1.165, 1.54) is 6.92 Å². The molecule has 0 aliphatic heterocycles. The van der Waals surface area contributed by atoms with Crippen LogP contribution in [0, 0.1) is 23.0 Å². The first-order valence-electron chi connectivity index (χ1n) is 11.4. The summed E-state index contributed by atoms with van der Waals surface area (Å²) in [5.74, 6) is -2.62. The average Bonchev–Trinajstić information content (AvgIpc) is 3.10. The smallest absolute Gasteiger partial charge is 0.325 e. The number of nitrogens with one attached hydrogen (secondary N) is 1. The molecule has 0 saturated carbocycles. The number of nitriles is 1. The third-order valence-corrected chi connectivity index (χ3v) is 5.74. The van der Waals surface area contributed by atoms with E-state index in [1.54, 1.807) is 12.1 Å². The van der Waals surface area contributed by atoms with Crippen LogP contribution >= 0.6 is 0 Å². The van der Waals surface area contributed by atoms with Crippen LogP contribution in [0.3, 0.4) is 0 Å². The number of carbonyl (C=O) groups is 1. The maximum absolute atomic E-state index is 14.1. The van der Waals surface area contributed by atoms with Crippen molar-refractivity contribution in [2.75, 3.05) is 11.9 Å². The molecule has 0 bridgehead atoms. The summed E-state index contributed by atoms with van der Waals surface area (Å²) in [6, 6.07) is 10.1. The number of pyridine rings is 1. The molecule has 1 unspecified atom stereocenters. The van der Waals surface area contributed by atoms with Crippen molar-refractivity contribution >= 4 is 28.1 Å². The van der Waals surface area contributed by atoms with Crippen LogP contribution < -0.4 is 5.32 Å². The van der Waals surface area contributed by atoms with Gasteiger partial charge in [0, 0.05) is 22.6 Å². The average molecular weight is 488 g/mol. The third kappa shape index (κ3) is 4.82. The number of hydrogen-bond donors (Lipinski definition) is 2. The van der Waals surface area contributed by atoms with Crippen molar-refractivity contribution in [3.63, 3.8) is 0 Å². The minimum atomic E-state index is -1.17. The van der Waals surface area contributed by atoms with Crippen molar-refractivity contribution in [3.8, 4) is 17.3 Å². The molecule has 1 heterocycles. The van der Waals surface area contributed by atoms with Crippen LogP contribution in [0.15, 0.2) is 66.5 Å². The maximum Gasteiger partial charge on any atom is 0.325 e. The Morgan fingerprint density at radius 1 is 1.22 bits per heavy atom. The van der Waals surface area contributed by atoms with Gasteiger partial charge in [0.2, 0.25) is 0 Å². The summed E-state index contributed by atoms with van der Waals surface area (Å²) in [6.45, 7) is 3.83. The number of carboxylic acid groups (broad SMARTS) is 1. The lowest BCUT2D eigenvalue weighted by atomic mass is 9.97. The SMILES string of the molecule is CCOC1=CCC=CC=C1c1ccc(-c2nc3cc(F)c(F)cc3c(NC(C)C(=O)O)c2C#N)cc1. The largest absolute Gasteiger partial charge is 0.494 e. The van der Waals surface area contributed by atoms with Crippen molar-refractivity contribution in [1.82, 2.24) is 4.98 Å². The molecule has 2 N–H and O–H groups in total. The van der Waals surface area contributed by atoms with Gasteiger partial charge in [-0.25, -0.2) is 13.8 Å². The zero-order valence-corrected chi connectivity index (χ0v) is 19.7. The molecular formula is C28H23F2N3O3. The normalized spacial score (nSPS) is 13.9. The van der Waals surface area contributed by atoms with E-state index in [9.17, 15) is 23.9 Å². The van der Waals surface area contributed by atoms with E-state index in [-0.39, 0.29) is 27.8 Å². The first-order valence-corrected chi connectivity index (χ1v) is 11.4. The quantitative estimate of drug-likeness (QED) is 0.412. The van der Waals surface area contributed by atoms with Crippen molar-refractivity contribution in [2.45, 2.75) is 26.3 Å². The molecule has 2 aromatic carbocycles. The van der Waals surface area contributed by atoms with Crippen LogP contribution in [0.2, 0.25) is 0 Å². The van der Waals surface area contributed by atoms with Gasteiger partial charge in [-0.3, -0.25) is 4.79 Å². The number of fused-ring (bicyclic) bond motifs is 1. The number of carboxylic acids is 1. The minimum absolute atomic E-state index is 0.0286. The van der Waals surface area contributed by atoms with Gasteiger partial charge >= 0.3 is 5.97 Å². The van der Waals surface area contributed by atoms with Gasteiger partial charge in [0.1, 0.15) is 23.4 Å². The highest BCUT2D eigenvalue weighted by molar-refractivity contribution is 5.99. The van der Waals surface area contributed by atoms with Gasteiger partial charge in [0.25, 0.3) is 0 Å². The number of aromatic nitrogens is 1. The van der Waals surface area contributed by atoms with E-state index in [4.69, 9.17) is 4.74 Å². The summed E-state index contributed by atoms with van der Waals surface area (Å²) in [5.41, 5.74) is 2.76. The number of ether oxygens (including phenoxy) is 1. The number of halogens is 2. The number of benzene rings is 2. The second-order valence-corrected chi connectivity index (χ2v) is 8.13. The minimum Gasteiger partial charge on any atom is -0.494 e. The lowest BCUT2D eigenvalue weighted by molar-refractivity contribution is -0.137. The molecule has 36 heavy (non-hydrogen) atoms. The van der Waals surface area contributed by atoms with E-state index < -0.39 is 23.6 Å². The van der Waals surface area contributed by atoms with Gasteiger partial charge in [-0.15, -0.1) is 0 Å². The van der Waals surface area contributed by atoms with E-state index >= 15 is 0 Å². The molecular weight excluding hydrogens is 464 g/mol. The number of allylic oxidation sites excluding steroid dienone is 5. The Kier molecular flexibility index (Phi) is 7.11. The van der Waals surface area contributed by atoms with Crippen molar-refractivity contribution < 1.29 is 23.4 Å². The summed E-state index contributed by atoms with van der Waals surface area (Å²) >= 11 is 0. The number of rotatable bonds is 7. The second-order valence-electron chi connectivity index (χ2n) is 8.13. The molecule has 0 spiro atoms. The highest BCUT2D eigenvalue weighted by Gasteiger charge is 2.22. The predicted molar refractivity (Wildman–Crippen MR) is 134 cm³/mol.